The highest BCUT2D eigenvalue weighted by Gasteiger charge is 2.50. The van der Waals surface area contributed by atoms with E-state index in [1.807, 2.05) is 0 Å². The van der Waals surface area contributed by atoms with Gasteiger partial charge in [0.25, 0.3) is 0 Å². The Kier molecular flexibility index (Phi) is 3.05. The zero-order chi connectivity index (χ0) is 15.3. The molecule has 6 nitrogen and oxygen atoms in total. The van der Waals surface area contributed by atoms with E-state index in [-0.39, 0.29) is 27.8 Å². The van der Waals surface area contributed by atoms with Gasteiger partial charge in [0.1, 0.15) is 4.90 Å². The van der Waals surface area contributed by atoms with Gasteiger partial charge in [0, 0.05) is 0 Å². The fourth-order valence-corrected chi connectivity index (χ4v) is 5.20. The summed E-state index contributed by atoms with van der Waals surface area (Å²) in [5, 5.41) is 2.66. The van der Waals surface area contributed by atoms with Crippen molar-refractivity contribution < 1.29 is 22.7 Å². The maximum Gasteiger partial charge on any atom is 0.339 e. The average Bonchev–Trinajstić information content (AvgIpc) is 2.50. The molecule has 1 aromatic carbocycles. The van der Waals surface area contributed by atoms with Crippen molar-refractivity contribution in [3.8, 4) is 0 Å². The van der Waals surface area contributed by atoms with Gasteiger partial charge in [-0.25, -0.2) is 13.2 Å². The Morgan fingerprint density at radius 1 is 1.33 bits per heavy atom. The molecule has 3 rings (SSSR count). The molecule has 1 aromatic rings. The van der Waals surface area contributed by atoms with Crippen LogP contribution in [0.5, 0.6) is 0 Å². The topological polar surface area (TPSA) is 89.5 Å². The smallest absolute Gasteiger partial charge is 0.339 e. The van der Waals surface area contributed by atoms with Crippen LogP contribution in [0.25, 0.3) is 0 Å². The fourth-order valence-electron chi connectivity index (χ4n) is 2.97. The molecule has 0 saturated heterocycles. The first-order valence-electron chi connectivity index (χ1n) is 6.65. The number of fused-ring (bicyclic) bond motifs is 1. The van der Waals surface area contributed by atoms with E-state index >= 15 is 0 Å². The number of nitrogens with one attached hydrogen (secondary N) is 1. The SMILES string of the molecule is COC(=O)c1cccc2c1S(=O)(=O)CC1(CCC1)C(=O)N2. The van der Waals surface area contributed by atoms with E-state index < -0.39 is 21.2 Å². The molecule has 1 spiro atoms. The van der Waals surface area contributed by atoms with E-state index in [0.29, 0.717) is 12.8 Å². The van der Waals surface area contributed by atoms with E-state index in [1.54, 1.807) is 0 Å². The van der Waals surface area contributed by atoms with Crippen LogP contribution in [0, 0.1) is 5.41 Å². The first-order valence-corrected chi connectivity index (χ1v) is 8.30. The van der Waals surface area contributed by atoms with Crippen molar-refractivity contribution in [2.45, 2.75) is 24.2 Å². The minimum absolute atomic E-state index is 0.0355. The molecule has 0 atom stereocenters. The minimum atomic E-state index is -3.75. The summed E-state index contributed by atoms with van der Waals surface area (Å²) >= 11 is 0. The third-order valence-electron chi connectivity index (χ3n) is 4.24. The Bertz CT molecular complexity index is 734. The largest absolute Gasteiger partial charge is 0.465 e. The van der Waals surface area contributed by atoms with E-state index in [9.17, 15) is 18.0 Å². The zero-order valence-electron chi connectivity index (χ0n) is 11.5. The number of anilines is 1. The van der Waals surface area contributed by atoms with Gasteiger partial charge in [0.2, 0.25) is 5.91 Å². The number of ether oxygens (including phenoxy) is 1. The maximum atomic E-state index is 12.7. The van der Waals surface area contributed by atoms with Crippen LogP contribution in [0.3, 0.4) is 0 Å². The molecule has 1 aliphatic heterocycles. The Morgan fingerprint density at radius 2 is 2.05 bits per heavy atom. The van der Waals surface area contributed by atoms with E-state index in [0.717, 1.165) is 6.42 Å². The quantitative estimate of drug-likeness (QED) is 0.791. The van der Waals surface area contributed by atoms with Crippen LogP contribution < -0.4 is 5.32 Å². The Morgan fingerprint density at radius 3 is 2.62 bits per heavy atom. The number of amides is 1. The minimum Gasteiger partial charge on any atom is -0.465 e. The number of hydrogen-bond donors (Lipinski definition) is 1. The number of methoxy groups -OCH3 is 1. The number of sulfone groups is 1. The first-order chi connectivity index (χ1) is 9.89. The normalized spacial score (nSPS) is 21.7. The van der Waals surface area contributed by atoms with Gasteiger partial charge in [0.05, 0.1) is 29.5 Å². The molecule has 0 radical (unpaired) electrons. The molecule has 0 bridgehead atoms. The summed E-state index contributed by atoms with van der Waals surface area (Å²) in [5.74, 6) is -1.26. The molecule has 1 saturated carbocycles. The second kappa shape index (κ2) is 4.56. The van der Waals surface area contributed by atoms with Crippen molar-refractivity contribution in [2.24, 2.45) is 5.41 Å². The highest BCUT2D eigenvalue weighted by Crippen LogP contribution is 2.47. The monoisotopic (exact) mass is 309 g/mol. The van der Waals surface area contributed by atoms with E-state index in [4.69, 9.17) is 0 Å². The third-order valence-corrected chi connectivity index (χ3v) is 6.23. The molecule has 1 amide bonds. The molecule has 1 fully saturated rings. The van der Waals surface area contributed by atoms with Crippen LogP contribution in [-0.2, 0) is 19.4 Å². The number of carbonyl (C=O) groups excluding carboxylic acids is 2. The number of carbonyl (C=O) groups is 2. The molecule has 7 heteroatoms. The van der Waals surface area contributed by atoms with Crippen molar-refractivity contribution >= 4 is 27.4 Å². The standard InChI is InChI=1S/C14H15NO5S/c1-20-12(16)9-4-2-5-10-11(9)21(18,19)8-14(6-3-7-14)13(17)15-10/h2,4-5H,3,6-8H2,1H3,(H,15,17). The van der Waals surface area contributed by atoms with Crippen LogP contribution in [0.15, 0.2) is 23.1 Å². The van der Waals surface area contributed by atoms with Crippen LogP contribution in [0.1, 0.15) is 29.6 Å². The predicted molar refractivity (Wildman–Crippen MR) is 74.7 cm³/mol. The number of hydrogen-bond acceptors (Lipinski definition) is 5. The zero-order valence-corrected chi connectivity index (χ0v) is 12.3. The summed E-state index contributed by atoms with van der Waals surface area (Å²) in [6, 6.07) is 4.42. The lowest BCUT2D eigenvalue weighted by Gasteiger charge is -2.38. The fraction of sp³-hybridized carbons (Fsp3) is 0.429. The van der Waals surface area contributed by atoms with Crippen molar-refractivity contribution in [1.82, 2.24) is 0 Å². The van der Waals surface area contributed by atoms with Gasteiger partial charge in [-0.15, -0.1) is 0 Å². The maximum absolute atomic E-state index is 12.7. The Labute approximate surface area is 122 Å². The molecular formula is C14H15NO5S. The summed E-state index contributed by atoms with van der Waals surface area (Å²) in [5.41, 5.74) is -0.732. The van der Waals surface area contributed by atoms with Gasteiger partial charge in [-0.3, -0.25) is 4.79 Å². The first kappa shape index (κ1) is 14.1. The lowest BCUT2D eigenvalue weighted by molar-refractivity contribution is -0.128. The summed E-state index contributed by atoms with van der Waals surface area (Å²) in [6.45, 7) is 0. The summed E-state index contributed by atoms with van der Waals surface area (Å²) in [6.07, 6.45) is 1.95. The molecular weight excluding hydrogens is 294 g/mol. The van der Waals surface area contributed by atoms with E-state index in [1.165, 1.54) is 25.3 Å². The van der Waals surface area contributed by atoms with Gasteiger partial charge in [0.15, 0.2) is 9.84 Å². The lowest BCUT2D eigenvalue weighted by Crippen LogP contribution is -2.45. The highest BCUT2D eigenvalue weighted by molar-refractivity contribution is 7.91. The van der Waals surface area contributed by atoms with Crippen molar-refractivity contribution in [2.75, 3.05) is 18.2 Å². The summed E-state index contributed by atoms with van der Waals surface area (Å²) in [4.78, 5) is 24.0. The second-order valence-corrected chi connectivity index (χ2v) is 7.45. The van der Waals surface area contributed by atoms with Crippen LogP contribution in [-0.4, -0.2) is 33.2 Å². The summed E-state index contributed by atoms with van der Waals surface area (Å²) in [7, 11) is -2.56. The average molecular weight is 309 g/mol. The van der Waals surface area contributed by atoms with Crippen LogP contribution >= 0.6 is 0 Å². The van der Waals surface area contributed by atoms with Gasteiger partial charge in [-0.1, -0.05) is 12.5 Å². The predicted octanol–water partition coefficient (Wildman–Crippen LogP) is 1.37. The van der Waals surface area contributed by atoms with Crippen molar-refractivity contribution in [3.05, 3.63) is 23.8 Å². The van der Waals surface area contributed by atoms with Crippen molar-refractivity contribution in [1.29, 1.82) is 0 Å². The molecule has 0 unspecified atom stereocenters. The molecule has 112 valence electrons. The number of rotatable bonds is 1. The van der Waals surface area contributed by atoms with Crippen LogP contribution in [0.4, 0.5) is 5.69 Å². The Hall–Kier alpha value is -1.89. The van der Waals surface area contributed by atoms with E-state index in [2.05, 4.69) is 10.1 Å². The second-order valence-electron chi connectivity index (χ2n) is 5.52. The molecule has 21 heavy (non-hydrogen) atoms. The van der Waals surface area contributed by atoms with Gasteiger partial charge in [-0.2, -0.15) is 0 Å². The molecule has 1 aliphatic carbocycles. The van der Waals surface area contributed by atoms with Gasteiger partial charge >= 0.3 is 5.97 Å². The number of esters is 1. The molecule has 2 aliphatic rings. The van der Waals surface area contributed by atoms with Crippen LogP contribution in [0.2, 0.25) is 0 Å². The van der Waals surface area contributed by atoms with Gasteiger partial charge < -0.3 is 10.1 Å². The van der Waals surface area contributed by atoms with Crippen molar-refractivity contribution in [3.63, 3.8) is 0 Å². The lowest BCUT2D eigenvalue weighted by atomic mass is 9.69. The highest BCUT2D eigenvalue weighted by atomic mass is 32.2. The molecule has 1 N–H and O–H groups in total. The molecule has 0 aromatic heterocycles. The molecule has 1 heterocycles. The van der Waals surface area contributed by atoms with Gasteiger partial charge in [-0.05, 0) is 25.0 Å². The third kappa shape index (κ3) is 2.03. The Balaban J connectivity index is 2.21. The number of benzene rings is 1. The summed E-state index contributed by atoms with van der Waals surface area (Å²) < 4.78 is 30.0.